The molecule has 1 fully saturated rings. The molecular weight excluding hydrogens is 272 g/mol. The average molecular weight is 294 g/mol. The van der Waals surface area contributed by atoms with Gasteiger partial charge in [0.2, 0.25) is 10.0 Å². The number of aryl methyl sites for hydroxylation is 1. The summed E-state index contributed by atoms with van der Waals surface area (Å²) in [7, 11) is -3.36. The van der Waals surface area contributed by atoms with Gasteiger partial charge in [0.05, 0.1) is 4.90 Å². The lowest BCUT2D eigenvalue weighted by Crippen LogP contribution is -2.27. The molecule has 1 aromatic rings. The Bertz CT molecular complexity index is 598. The van der Waals surface area contributed by atoms with E-state index >= 15 is 0 Å². The molecule has 1 aromatic carbocycles. The number of hydrogen-bond acceptors (Lipinski definition) is 3. The molecule has 0 bridgehead atoms. The topological polar surface area (TPSA) is 58.2 Å². The first-order valence-corrected chi connectivity index (χ1v) is 8.97. The highest BCUT2D eigenvalue weighted by molar-refractivity contribution is 7.89. The maximum atomic E-state index is 12.4. The highest BCUT2D eigenvalue weighted by Gasteiger charge is 2.39. The van der Waals surface area contributed by atoms with Crippen molar-refractivity contribution in [3.63, 3.8) is 0 Å². The van der Waals surface area contributed by atoms with Crippen LogP contribution in [0.25, 0.3) is 0 Å². The van der Waals surface area contributed by atoms with Crippen LogP contribution < -0.4 is 10.0 Å². The molecule has 2 N–H and O–H groups in total. The van der Waals surface area contributed by atoms with Gasteiger partial charge >= 0.3 is 0 Å². The first kappa shape index (κ1) is 13.9. The van der Waals surface area contributed by atoms with Crippen LogP contribution in [-0.2, 0) is 16.4 Å². The van der Waals surface area contributed by atoms with Crippen LogP contribution >= 0.6 is 0 Å². The molecule has 3 rings (SSSR count). The summed E-state index contributed by atoms with van der Waals surface area (Å²) in [4.78, 5) is 0.405. The Kier molecular flexibility index (Phi) is 3.73. The van der Waals surface area contributed by atoms with Gasteiger partial charge in [-0.05, 0) is 55.4 Å². The average Bonchev–Trinajstić information content (AvgIpc) is 3.15. The second-order valence-corrected chi connectivity index (χ2v) is 7.58. The van der Waals surface area contributed by atoms with Crippen LogP contribution in [0.1, 0.15) is 38.2 Å². The molecule has 0 saturated heterocycles. The Balaban J connectivity index is 1.74. The molecule has 2 unspecified atom stereocenters. The fraction of sp³-hybridized carbons (Fsp3) is 0.600. The second-order valence-electron chi connectivity index (χ2n) is 5.86. The third-order valence-corrected chi connectivity index (χ3v) is 5.70. The molecule has 0 spiro atoms. The van der Waals surface area contributed by atoms with Gasteiger partial charge in [-0.3, -0.25) is 0 Å². The van der Waals surface area contributed by atoms with Crippen molar-refractivity contribution in [3.8, 4) is 0 Å². The monoisotopic (exact) mass is 294 g/mol. The van der Waals surface area contributed by atoms with Gasteiger partial charge in [-0.15, -0.1) is 0 Å². The van der Waals surface area contributed by atoms with Crippen LogP contribution in [0, 0.1) is 5.92 Å². The molecule has 0 aromatic heterocycles. The van der Waals surface area contributed by atoms with Crippen molar-refractivity contribution in [1.82, 2.24) is 4.72 Å². The van der Waals surface area contributed by atoms with E-state index in [0.29, 0.717) is 10.8 Å². The zero-order valence-electron chi connectivity index (χ0n) is 11.9. The number of fused-ring (bicyclic) bond motifs is 1. The normalized spacial score (nSPS) is 24.9. The highest BCUT2D eigenvalue weighted by Crippen LogP contribution is 2.36. The van der Waals surface area contributed by atoms with Crippen LogP contribution in [0.5, 0.6) is 0 Å². The van der Waals surface area contributed by atoms with Gasteiger partial charge in [0.15, 0.2) is 0 Å². The summed E-state index contributed by atoms with van der Waals surface area (Å²) in [6.45, 7) is 3.11. The van der Waals surface area contributed by atoms with Crippen molar-refractivity contribution in [3.05, 3.63) is 23.8 Å². The minimum Gasteiger partial charge on any atom is -0.385 e. The summed E-state index contributed by atoms with van der Waals surface area (Å²) < 4.78 is 27.6. The van der Waals surface area contributed by atoms with Gasteiger partial charge in [-0.25, -0.2) is 13.1 Å². The van der Waals surface area contributed by atoms with E-state index in [-0.39, 0.29) is 6.04 Å². The van der Waals surface area contributed by atoms with E-state index in [2.05, 4.69) is 17.0 Å². The first-order chi connectivity index (χ1) is 9.60. The van der Waals surface area contributed by atoms with E-state index in [1.165, 1.54) is 0 Å². The number of hydrogen-bond donors (Lipinski definition) is 2. The molecule has 1 aliphatic heterocycles. The predicted octanol–water partition coefficient (Wildman–Crippen LogP) is 2.51. The Hall–Kier alpha value is -1.07. The lowest BCUT2D eigenvalue weighted by atomic mass is 10.0. The van der Waals surface area contributed by atoms with E-state index in [0.717, 1.165) is 49.9 Å². The Morgan fingerprint density at radius 2 is 2.25 bits per heavy atom. The summed E-state index contributed by atoms with van der Waals surface area (Å²) in [5.74, 6) is 0.536. The van der Waals surface area contributed by atoms with Crippen molar-refractivity contribution in [2.75, 3.05) is 11.9 Å². The number of anilines is 1. The third-order valence-electron chi connectivity index (χ3n) is 4.21. The molecule has 20 heavy (non-hydrogen) atoms. The smallest absolute Gasteiger partial charge is 0.240 e. The van der Waals surface area contributed by atoms with Crippen LogP contribution in [0.15, 0.2) is 23.1 Å². The van der Waals surface area contributed by atoms with Crippen molar-refractivity contribution in [2.45, 2.75) is 50.0 Å². The van der Waals surface area contributed by atoms with Crippen molar-refractivity contribution in [2.24, 2.45) is 5.92 Å². The first-order valence-electron chi connectivity index (χ1n) is 7.49. The molecule has 1 heterocycles. The maximum absolute atomic E-state index is 12.4. The highest BCUT2D eigenvalue weighted by atomic mass is 32.2. The standard InChI is InChI=1S/C15H22N2O2S/c1-2-4-11-10-15(11)17-20(18,19)13-6-7-14-12(9-13)5-3-8-16-14/h6-7,9,11,15-17H,2-5,8,10H2,1H3. The van der Waals surface area contributed by atoms with Gasteiger partial charge in [-0.1, -0.05) is 13.3 Å². The maximum Gasteiger partial charge on any atom is 0.240 e. The van der Waals surface area contributed by atoms with E-state index < -0.39 is 10.0 Å². The van der Waals surface area contributed by atoms with Crippen LogP contribution in [0.2, 0.25) is 0 Å². The number of nitrogens with one attached hydrogen (secondary N) is 2. The predicted molar refractivity (Wildman–Crippen MR) is 80.4 cm³/mol. The lowest BCUT2D eigenvalue weighted by Gasteiger charge is -2.18. The Morgan fingerprint density at radius 3 is 3.05 bits per heavy atom. The molecule has 1 saturated carbocycles. The Morgan fingerprint density at radius 1 is 1.40 bits per heavy atom. The van der Waals surface area contributed by atoms with Gasteiger partial charge in [0.1, 0.15) is 0 Å². The summed E-state index contributed by atoms with van der Waals surface area (Å²) in [5.41, 5.74) is 2.19. The molecule has 110 valence electrons. The molecule has 4 nitrogen and oxygen atoms in total. The van der Waals surface area contributed by atoms with Gasteiger partial charge in [-0.2, -0.15) is 0 Å². The molecule has 0 amide bonds. The van der Waals surface area contributed by atoms with Gasteiger partial charge in [0.25, 0.3) is 0 Å². The van der Waals surface area contributed by atoms with Crippen molar-refractivity contribution in [1.29, 1.82) is 0 Å². The summed E-state index contributed by atoms with van der Waals surface area (Å²) in [5, 5.41) is 3.30. The van der Waals surface area contributed by atoms with Crippen molar-refractivity contribution >= 4 is 15.7 Å². The van der Waals surface area contributed by atoms with E-state index in [1.54, 1.807) is 6.07 Å². The van der Waals surface area contributed by atoms with Gasteiger partial charge in [0, 0.05) is 18.3 Å². The van der Waals surface area contributed by atoms with Crippen molar-refractivity contribution < 1.29 is 8.42 Å². The minimum absolute atomic E-state index is 0.147. The fourth-order valence-electron chi connectivity index (χ4n) is 2.97. The molecule has 2 atom stereocenters. The second kappa shape index (κ2) is 5.37. The molecular formula is C15H22N2O2S. The Labute approximate surface area is 121 Å². The molecule has 0 radical (unpaired) electrons. The zero-order chi connectivity index (χ0) is 14.2. The largest absolute Gasteiger partial charge is 0.385 e. The fourth-order valence-corrected chi connectivity index (χ4v) is 4.34. The van der Waals surface area contributed by atoms with Crippen LogP contribution in [0.4, 0.5) is 5.69 Å². The molecule has 5 heteroatoms. The van der Waals surface area contributed by atoms with E-state index in [1.807, 2.05) is 12.1 Å². The summed E-state index contributed by atoms with van der Waals surface area (Å²) in [6, 6.07) is 5.56. The quantitative estimate of drug-likeness (QED) is 0.877. The minimum atomic E-state index is -3.36. The molecule has 2 aliphatic rings. The lowest BCUT2D eigenvalue weighted by molar-refractivity contribution is 0.573. The number of rotatable bonds is 5. The van der Waals surface area contributed by atoms with E-state index in [4.69, 9.17) is 0 Å². The SMILES string of the molecule is CCCC1CC1NS(=O)(=O)c1ccc2c(c1)CCCN2. The zero-order valence-corrected chi connectivity index (χ0v) is 12.7. The van der Waals surface area contributed by atoms with Gasteiger partial charge < -0.3 is 5.32 Å². The van der Waals surface area contributed by atoms with E-state index in [9.17, 15) is 8.42 Å². The number of benzene rings is 1. The summed E-state index contributed by atoms with van der Waals surface area (Å²) in [6.07, 6.45) is 5.23. The van der Waals surface area contributed by atoms with Crippen LogP contribution in [0.3, 0.4) is 0 Å². The van der Waals surface area contributed by atoms with Crippen LogP contribution in [-0.4, -0.2) is 21.0 Å². The summed E-state index contributed by atoms with van der Waals surface area (Å²) >= 11 is 0. The third kappa shape index (κ3) is 2.83. The number of sulfonamides is 1. The molecule has 1 aliphatic carbocycles.